The number of benzene rings is 1. The van der Waals surface area contributed by atoms with E-state index in [1.807, 2.05) is 0 Å². The second-order valence-corrected chi connectivity index (χ2v) is 5.62. The van der Waals surface area contributed by atoms with Crippen molar-refractivity contribution >= 4 is 11.6 Å². The first-order valence-corrected chi connectivity index (χ1v) is 7.29. The quantitative estimate of drug-likeness (QED) is 0.579. The van der Waals surface area contributed by atoms with Gasteiger partial charge in [0.15, 0.2) is 0 Å². The average Bonchev–Trinajstić information content (AvgIpc) is 2.95. The van der Waals surface area contributed by atoms with Crippen molar-refractivity contribution in [3.8, 4) is 0 Å². The Morgan fingerprint density at radius 1 is 1.55 bits per heavy atom. The molecule has 7 heteroatoms. The molecule has 1 heterocycles. The highest BCUT2D eigenvalue weighted by atomic mass is 16.6. The fraction of sp³-hybridized carbons (Fsp3) is 0.533. The Bertz CT molecular complexity index is 541. The standard InChI is InChI=1S/C15H21N3O4/c1-22-11-15(6-3-7-17-15)10-16-14(19)9-12-4-2-5-13(8-12)18(20)21/h2,4-5,8,17H,3,6-7,9-11H2,1H3,(H,16,19). The molecule has 1 atom stereocenters. The average molecular weight is 307 g/mol. The van der Waals surface area contributed by atoms with Gasteiger partial charge in [0.25, 0.3) is 5.69 Å². The number of rotatable bonds is 7. The summed E-state index contributed by atoms with van der Waals surface area (Å²) in [6.45, 7) is 1.96. The molecular weight excluding hydrogens is 286 g/mol. The second-order valence-electron chi connectivity index (χ2n) is 5.62. The van der Waals surface area contributed by atoms with Gasteiger partial charge in [-0.25, -0.2) is 0 Å². The lowest BCUT2D eigenvalue weighted by atomic mass is 9.98. The number of ether oxygens (including phenoxy) is 1. The first-order valence-electron chi connectivity index (χ1n) is 7.29. The molecule has 120 valence electrons. The van der Waals surface area contributed by atoms with Crippen molar-refractivity contribution in [3.05, 3.63) is 39.9 Å². The molecule has 1 fully saturated rings. The number of methoxy groups -OCH3 is 1. The number of nitrogens with one attached hydrogen (secondary N) is 2. The number of carbonyl (C=O) groups excluding carboxylic acids is 1. The predicted molar refractivity (Wildman–Crippen MR) is 81.7 cm³/mol. The van der Waals surface area contributed by atoms with Crippen LogP contribution in [0.15, 0.2) is 24.3 Å². The van der Waals surface area contributed by atoms with Gasteiger partial charge >= 0.3 is 0 Å². The fourth-order valence-electron chi connectivity index (χ4n) is 2.77. The van der Waals surface area contributed by atoms with E-state index in [-0.39, 0.29) is 23.6 Å². The maximum Gasteiger partial charge on any atom is 0.269 e. The maximum absolute atomic E-state index is 12.0. The lowest BCUT2D eigenvalue weighted by Crippen LogP contribution is -2.53. The van der Waals surface area contributed by atoms with Crippen molar-refractivity contribution in [2.24, 2.45) is 0 Å². The molecule has 2 N–H and O–H groups in total. The fourth-order valence-corrected chi connectivity index (χ4v) is 2.77. The smallest absolute Gasteiger partial charge is 0.269 e. The van der Waals surface area contributed by atoms with Crippen LogP contribution in [0.1, 0.15) is 18.4 Å². The molecule has 1 aromatic rings. The van der Waals surface area contributed by atoms with Gasteiger partial charge in [-0.05, 0) is 24.9 Å². The van der Waals surface area contributed by atoms with Gasteiger partial charge in [-0.3, -0.25) is 14.9 Å². The Morgan fingerprint density at radius 2 is 2.36 bits per heavy atom. The Kier molecular flexibility index (Phi) is 5.46. The SMILES string of the molecule is COCC1(CNC(=O)Cc2cccc([N+](=O)[O-])c2)CCCN1. The number of hydrogen-bond acceptors (Lipinski definition) is 5. The van der Waals surface area contributed by atoms with Crippen LogP contribution in [0.3, 0.4) is 0 Å². The molecule has 7 nitrogen and oxygen atoms in total. The van der Waals surface area contributed by atoms with Gasteiger partial charge in [0, 0.05) is 25.8 Å². The Hall–Kier alpha value is -1.99. The summed E-state index contributed by atoms with van der Waals surface area (Å²) in [5.74, 6) is -0.148. The number of nitrogens with zero attached hydrogens (tertiary/aromatic N) is 1. The number of nitro benzene ring substituents is 1. The Labute approximate surface area is 129 Å². The number of nitro groups is 1. The number of amides is 1. The third-order valence-corrected chi connectivity index (χ3v) is 3.86. The maximum atomic E-state index is 12.0. The molecule has 0 aliphatic carbocycles. The van der Waals surface area contributed by atoms with E-state index in [9.17, 15) is 14.9 Å². The van der Waals surface area contributed by atoms with Crippen molar-refractivity contribution in [1.29, 1.82) is 0 Å². The Morgan fingerprint density at radius 3 is 3.00 bits per heavy atom. The zero-order valence-corrected chi connectivity index (χ0v) is 12.6. The topological polar surface area (TPSA) is 93.5 Å². The number of hydrogen-bond donors (Lipinski definition) is 2. The minimum absolute atomic E-state index is 0.00128. The van der Waals surface area contributed by atoms with Crippen molar-refractivity contribution in [2.45, 2.75) is 24.8 Å². The van der Waals surface area contributed by atoms with Gasteiger partial charge in [0.1, 0.15) is 0 Å². The molecule has 0 aromatic heterocycles. The third-order valence-electron chi connectivity index (χ3n) is 3.86. The second kappa shape index (κ2) is 7.33. The van der Waals surface area contributed by atoms with E-state index >= 15 is 0 Å². The molecule has 2 rings (SSSR count). The van der Waals surface area contributed by atoms with Crippen LogP contribution in [0.2, 0.25) is 0 Å². The van der Waals surface area contributed by atoms with Crippen LogP contribution in [0.5, 0.6) is 0 Å². The van der Waals surface area contributed by atoms with Crippen molar-refractivity contribution in [1.82, 2.24) is 10.6 Å². The van der Waals surface area contributed by atoms with Crippen LogP contribution in [0, 0.1) is 10.1 Å². The van der Waals surface area contributed by atoms with Crippen LogP contribution in [-0.2, 0) is 16.0 Å². The first-order chi connectivity index (χ1) is 10.5. The van der Waals surface area contributed by atoms with Crippen molar-refractivity contribution < 1.29 is 14.5 Å². The highest BCUT2D eigenvalue weighted by Crippen LogP contribution is 2.19. The van der Waals surface area contributed by atoms with Gasteiger partial charge in [0.2, 0.25) is 5.91 Å². The minimum Gasteiger partial charge on any atom is -0.383 e. The molecular formula is C15H21N3O4. The molecule has 1 aliphatic rings. The monoisotopic (exact) mass is 307 g/mol. The van der Waals surface area contributed by atoms with E-state index in [0.717, 1.165) is 19.4 Å². The number of non-ortho nitro benzene ring substituents is 1. The number of carbonyl (C=O) groups is 1. The zero-order valence-electron chi connectivity index (χ0n) is 12.6. The lowest BCUT2D eigenvalue weighted by Gasteiger charge is -2.29. The predicted octanol–water partition coefficient (Wildman–Crippen LogP) is 1.02. The van der Waals surface area contributed by atoms with Gasteiger partial charge in [-0.15, -0.1) is 0 Å². The molecule has 1 unspecified atom stereocenters. The van der Waals surface area contributed by atoms with Gasteiger partial charge < -0.3 is 15.4 Å². The molecule has 1 amide bonds. The molecule has 0 spiro atoms. The summed E-state index contributed by atoms with van der Waals surface area (Å²) in [5, 5.41) is 17.0. The molecule has 0 saturated carbocycles. The largest absolute Gasteiger partial charge is 0.383 e. The van der Waals surface area contributed by atoms with E-state index in [1.165, 1.54) is 12.1 Å². The lowest BCUT2D eigenvalue weighted by molar-refractivity contribution is -0.384. The summed E-state index contributed by atoms with van der Waals surface area (Å²) in [6.07, 6.45) is 2.15. The molecule has 1 aliphatic heterocycles. The van der Waals surface area contributed by atoms with Gasteiger partial charge in [-0.2, -0.15) is 0 Å². The molecule has 0 bridgehead atoms. The summed E-state index contributed by atoms with van der Waals surface area (Å²) in [4.78, 5) is 22.3. The molecule has 22 heavy (non-hydrogen) atoms. The normalized spacial score (nSPS) is 20.8. The summed E-state index contributed by atoms with van der Waals surface area (Å²) in [5.41, 5.74) is 0.429. The van der Waals surface area contributed by atoms with Crippen LogP contribution in [0.25, 0.3) is 0 Å². The van der Waals surface area contributed by atoms with Crippen LogP contribution >= 0.6 is 0 Å². The van der Waals surface area contributed by atoms with Crippen molar-refractivity contribution in [3.63, 3.8) is 0 Å². The van der Waals surface area contributed by atoms with E-state index in [1.54, 1.807) is 19.2 Å². The molecule has 0 radical (unpaired) electrons. The van der Waals surface area contributed by atoms with Crippen LogP contribution in [0.4, 0.5) is 5.69 Å². The highest BCUT2D eigenvalue weighted by molar-refractivity contribution is 5.78. The summed E-state index contributed by atoms with van der Waals surface area (Å²) in [6, 6.07) is 6.15. The van der Waals surface area contributed by atoms with E-state index in [4.69, 9.17) is 4.74 Å². The van der Waals surface area contributed by atoms with Crippen LogP contribution in [-0.4, -0.2) is 43.2 Å². The van der Waals surface area contributed by atoms with Gasteiger partial charge in [-0.1, -0.05) is 12.1 Å². The summed E-state index contributed by atoms with van der Waals surface area (Å²) >= 11 is 0. The minimum atomic E-state index is -0.461. The van der Waals surface area contributed by atoms with E-state index in [0.29, 0.717) is 18.7 Å². The van der Waals surface area contributed by atoms with Crippen molar-refractivity contribution in [2.75, 3.05) is 26.8 Å². The zero-order chi connectivity index (χ0) is 16.0. The first kappa shape index (κ1) is 16.4. The molecule has 1 aromatic carbocycles. The van der Waals surface area contributed by atoms with E-state index in [2.05, 4.69) is 10.6 Å². The highest BCUT2D eigenvalue weighted by Gasteiger charge is 2.33. The van der Waals surface area contributed by atoms with Crippen LogP contribution < -0.4 is 10.6 Å². The Balaban J connectivity index is 1.90. The molecule has 1 saturated heterocycles. The summed E-state index contributed by atoms with van der Waals surface area (Å²) < 4.78 is 5.23. The van der Waals surface area contributed by atoms with Gasteiger partial charge in [0.05, 0.1) is 23.5 Å². The third kappa shape index (κ3) is 4.25. The summed E-state index contributed by atoms with van der Waals surface area (Å²) in [7, 11) is 1.65. The van der Waals surface area contributed by atoms with E-state index < -0.39 is 4.92 Å².